The lowest BCUT2D eigenvalue weighted by molar-refractivity contribution is 0.0537. The van der Waals surface area contributed by atoms with Crippen LogP contribution in [0, 0.1) is 18.6 Å². The Morgan fingerprint density at radius 1 is 1.19 bits per heavy atom. The van der Waals surface area contributed by atoms with E-state index in [1.165, 1.54) is 6.20 Å². The molecule has 3 aromatic heterocycles. The smallest absolute Gasteiger partial charge is 0.423 e. The maximum absolute atomic E-state index is 14.6. The number of ether oxygens (including phenoxy) is 1. The zero-order valence-corrected chi connectivity index (χ0v) is 19.3. The van der Waals surface area contributed by atoms with Crippen LogP contribution in [0.4, 0.5) is 13.6 Å². The Labute approximate surface area is 189 Å². The monoisotopic (exact) mass is 504 g/mol. The molecule has 4 aromatic rings. The summed E-state index contributed by atoms with van der Waals surface area (Å²) in [6.07, 6.45) is 0.421. The van der Waals surface area contributed by atoms with E-state index in [2.05, 4.69) is 25.9 Å². The fraction of sp³-hybridized carbons (Fsp3) is 0.273. The van der Waals surface area contributed by atoms with E-state index in [0.29, 0.717) is 16.7 Å². The first-order chi connectivity index (χ1) is 15.0. The zero-order valence-electron chi connectivity index (χ0n) is 17.7. The standard InChI is InChI=1S/C22H19BrF2N4O3/c1-11-5-6-13-18-17(9-26-19(13)27-11)29(21(31)32-22(2,3)4)20(30)28(18)10-14-15(24)7-12(23)8-16(14)25/h5-9H,10H2,1-4H3. The Kier molecular flexibility index (Phi) is 5.36. The minimum absolute atomic E-state index is 0.153. The largest absolute Gasteiger partial charge is 0.443 e. The van der Waals surface area contributed by atoms with Gasteiger partial charge in [-0.15, -0.1) is 0 Å². The first-order valence-corrected chi connectivity index (χ1v) is 10.5. The van der Waals surface area contributed by atoms with Crippen molar-refractivity contribution in [1.29, 1.82) is 0 Å². The van der Waals surface area contributed by atoms with Crippen LogP contribution < -0.4 is 5.69 Å². The van der Waals surface area contributed by atoms with Crippen LogP contribution in [0.3, 0.4) is 0 Å². The number of aromatic nitrogens is 4. The van der Waals surface area contributed by atoms with Crippen molar-refractivity contribution in [2.24, 2.45) is 0 Å². The molecule has 3 heterocycles. The first-order valence-electron chi connectivity index (χ1n) is 9.70. The van der Waals surface area contributed by atoms with E-state index < -0.39 is 35.6 Å². The molecule has 0 aliphatic rings. The summed E-state index contributed by atoms with van der Waals surface area (Å²) in [6, 6.07) is 5.66. The molecule has 0 unspecified atom stereocenters. The molecular formula is C22H19BrF2N4O3. The van der Waals surface area contributed by atoms with Gasteiger partial charge in [-0.25, -0.2) is 28.3 Å². The molecule has 7 nitrogen and oxygen atoms in total. The Bertz CT molecular complexity index is 1430. The summed E-state index contributed by atoms with van der Waals surface area (Å²) in [6.45, 7) is 6.35. The molecule has 0 fully saturated rings. The van der Waals surface area contributed by atoms with Gasteiger partial charge in [-0.1, -0.05) is 15.9 Å². The summed E-state index contributed by atoms with van der Waals surface area (Å²) in [5.41, 5.74) is -0.508. The van der Waals surface area contributed by atoms with Gasteiger partial charge in [0.25, 0.3) is 0 Å². The summed E-state index contributed by atoms with van der Waals surface area (Å²) >= 11 is 3.05. The third-order valence-electron chi connectivity index (χ3n) is 4.75. The predicted octanol–water partition coefficient (Wildman–Crippen LogP) is 4.93. The molecule has 0 aliphatic carbocycles. The molecule has 0 spiro atoms. The first kappa shape index (κ1) is 22.1. The molecule has 0 atom stereocenters. The molecule has 1 aromatic carbocycles. The Morgan fingerprint density at radius 3 is 2.47 bits per heavy atom. The number of fused-ring (bicyclic) bond motifs is 3. The van der Waals surface area contributed by atoms with Crippen LogP contribution >= 0.6 is 15.9 Å². The van der Waals surface area contributed by atoms with E-state index in [4.69, 9.17) is 4.74 Å². The van der Waals surface area contributed by atoms with Crippen molar-refractivity contribution in [1.82, 2.24) is 19.1 Å². The summed E-state index contributed by atoms with van der Waals surface area (Å²) in [5.74, 6) is -1.65. The minimum atomic E-state index is -0.913. The zero-order chi connectivity index (χ0) is 23.4. The number of pyridine rings is 2. The van der Waals surface area contributed by atoms with Gasteiger partial charge in [0.15, 0.2) is 5.65 Å². The number of halogens is 3. The number of rotatable bonds is 2. The van der Waals surface area contributed by atoms with Crippen molar-refractivity contribution < 1.29 is 18.3 Å². The highest BCUT2D eigenvalue weighted by Gasteiger charge is 2.26. The number of carbonyl (C=O) groups is 1. The number of nitrogens with zero attached hydrogens (tertiary/aromatic N) is 4. The second kappa shape index (κ2) is 7.77. The quantitative estimate of drug-likeness (QED) is 0.386. The van der Waals surface area contributed by atoms with Gasteiger partial charge in [0.1, 0.15) is 17.2 Å². The molecule has 0 aliphatic heterocycles. The molecule has 0 amide bonds. The van der Waals surface area contributed by atoms with Crippen LogP contribution in [-0.4, -0.2) is 30.8 Å². The van der Waals surface area contributed by atoms with Crippen LogP contribution in [0.25, 0.3) is 22.1 Å². The van der Waals surface area contributed by atoms with Gasteiger partial charge in [-0.05, 0) is 52.0 Å². The van der Waals surface area contributed by atoms with E-state index >= 15 is 0 Å². The lowest BCUT2D eigenvalue weighted by atomic mass is 10.2. The van der Waals surface area contributed by atoms with Gasteiger partial charge in [-0.3, -0.25) is 4.57 Å². The number of hydrogen-bond acceptors (Lipinski definition) is 5. The highest BCUT2D eigenvalue weighted by molar-refractivity contribution is 9.10. The molecular weight excluding hydrogens is 486 g/mol. The van der Waals surface area contributed by atoms with E-state index in [1.807, 2.05) is 0 Å². The van der Waals surface area contributed by atoms with Crippen LogP contribution in [0.5, 0.6) is 0 Å². The number of benzene rings is 1. The lowest BCUT2D eigenvalue weighted by Crippen LogP contribution is -2.34. The Balaban J connectivity index is 2.04. The topological polar surface area (TPSA) is 79.0 Å². The van der Waals surface area contributed by atoms with Gasteiger partial charge in [0.05, 0.1) is 23.8 Å². The van der Waals surface area contributed by atoms with Gasteiger partial charge >= 0.3 is 11.8 Å². The van der Waals surface area contributed by atoms with Crippen LogP contribution in [0.1, 0.15) is 32.0 Å². The maximum Gasteiger partial charge on any atom is 0.423 e. The second-order valence-electron chi connectivity index (χ2n) is 8.35. The van der Waals surface area contributed by atoms with Gasteiger partial charge in [0, 0.05) is 21.1 Å². The Hall–Kier alpha value is -3.14. The van der Waals surface area contributed by atoms with Gasteiger partial charge in [0.2, 0.25) is 0 Å². The summed E-state index contributed by atoms with van der Waals surface area (Å²) < 4.78 is 36.7. The lowest BCUT2D eigenvalue weighted by Gasteiger charge is -2.19. The van der Waals surface area contributed by atoms with Crippen LogP contribution in [0.2, 0.25) is 0 Å². The fourth-order valence-corrected chi connectivity index (χ4v) is 3.83. The van der Waals surface area contributed by atoms with Gasteiger partial charge in [-0.2, -0.15) is 4.57 Å². The number of imidazole rings is 1. The molecule has 10 heteroatoms. The average Bonchev–Trinajstić information content (AvgIpc) is 2.94. The molecule has 0 saturated carbocycles. The summed E-state index contributed by atoms with van der Waals surface area (Å²) in [7, 11) is 0. The molecule has 0 radical (unpaired) electrons. The third kappa shape index (κ3) is 3.90. The molecule has 0 N–H and O–H groups in total. The van der Waals surface area contributed by atoms with E-state index in [-0.39, 0.29) is 21.1 Å². The Morgan fingerprint density at radius 2 is 1.84 bits per heavy atom. The van der Waals surface area contributed by atoms with Crippen molar-refractivity contribution in [2.75, 3.05) is 0 Å². The molecule has 32 heavy (non-hydrogen) atoms. The van der Waals surface area contributed by atoms with E-state index in [0.717, 1.165) is 21.3 Å². The number of aryl methyl sites for hydroxylation is 1. The molecule has 0 bridgehead atoms. The van der Waals surface area contributed by atoms with E-state index in [1.54, 1.807) is 39.8 Å². The maximum atomic E-state index is 14.6. The van der Waals surface area contributed by atoms with Crippen molar-refractivity contribution in [3.05, 3.63) is 68.3 Å². The van der Waals surface area contributed by atoms with Crippen molar-refractivity contribution in [3.8, 4) is 0 Å². The predicted molar refractivity (Wildman–Crippen MR) is 119 cm³/mol. The molecule has 4 rings (SSSR count). The average molecular weight is 505 g/mol. The second-order valence-corrected chi connectivity index (χ2v) is 9.26. The minimum Gasteiger partial charge on any atom is -0.443 e. The summed E-state index contributed by atoms with van der Waals surface area (Å²) in [5, 5.41) is 0.463. The fourth-order valence-electron chi connectivity index (χ4n) is 3.43. The highest BCUT2D eigenvalue weighted by Crippen LogP contribution is 2.26. The normalized spacial score (nSPS) is 12.0. The SMILES string of the molecule is Cc1ccc2c(ncc3c2n(Cc2c(F)cc(Br)cc2F)c(=O)n3C(=O)OC(C)(C)C)n1. The highest BCUT2D eigenvalue weighted by atomic mass is 79.9. The van der Waals surface area contributed by atoms with Crippen molar-refractivity contribution >= 4 is 44.1 Å². The molecule has 166 valence electrons. The van der Waals surface area contributed by atoms with Crippen LogP contribution in [-0.2, 0) is 11.3 Å². The van der Waals surface area contributed by atoms with Gasteiger partial charge < -0.3 is 4.74 Å². The number of carbonyl (C=O) groups excluding carboxylic acids is 1. The summed E-state index contributed by atoms with van der Waals surface area (Å²) in [4.78, 5) is 34.8. The molecule has 0 saturated heterocycles. The van der Waals surface area contributed by atoms with Crippen LogP contribution in [0.15, 0.2) is 39.7 Å². The van der Waals surface area contributed by atoms with Crippen molar-refractivity contribution in [3.63, 3.8) is 0 Å². The van der Waals surface area contributed by atoms with E-state index in [9.17, 15) is 18.4 Å². The third-order valence-corrected chi connectivity index (χ3v) is 5.21. The number of hydrogen-bond donors (Lipinski definition) is 0. The van der Waals surface area contributed by atoms with Crippen molar-refractivity contribution in [2.45, 2.75) is 39.8 Å².